The lowest BCUT2D eigenvalue weighted by molar-refractivity contribution is -0.270. The van der Waals surface area contributed by atoms with Gasteiger partial charge in [0.25, 0.3) is 0 Å². The van der Waals surface area contributed by atoms with Crippen LogP contribution in [0, 0.1) is 0 Å². The van der Waals surface area contributed by atoms with Gasteiger partial charge in [-0.25, -0.2) is 0 Å². The van der Waals surface area contributed by atoms with Gasteiger partial charge in [-0.3, -0.25) is 0 Å². The van der Waals surface area contributed by atoms with E-state index >= 15 is 0 Å². The zero-order valence-electron chi connectivity index (χ0n) is 22.4. The van der Waals surface area contributed by atoms with Crippen LogP contribution in [0.4, 0.5) is 0 Å². The highest BCUT2D eigenvalue weighted by Crippen LogP contribution is 2.41. The van der Waals surface area contributed by atoms with Crippen molar-refractivity contribution in [2.24, 2.45) is 0 Å². The Kier molecular flexibility index (Phi) is 8.72. The summed E-state index contributed by atoms with van der Waals surface area (Å²) in [4.78, 5) is 0. The van der Waals surface area contributed by atoms with E-state index in [9.17, 15) is 0 Å². The van der Waals surface area contributed by atoms with Crippen LogP contribution in [0.5, 0.6) is 0 Å². The first-order valence-electron chi connectivity index (χ1n) is 13.3. The van der Waals surface area contributed by atoms with Crippen molar-refractivity contribution < 1.29 is 18.9 Å². The molecule has 198 valence electrons. The molecule has 0 bridgehead atoms. The summed E-state index contributed by atoms with van der Waals surface area (Å²) in [5.41, 5.74) is 7.37. The first-order valence-corrected chi connectivity index (χ1v) is 13.3. The molecule has 0 spiro atoms. The minimum Gasteiger partial charge on any atom is -0.485 e. The van der Waals surface area contributed by atoms with E-state index in [1.807, 2.05) is 98.8 Å². The van der Waals surface area contributed by atoms with Crippen LogP contribution in [0.25, 0.3) is 0 Å². The lowest BCUT2D eigenvalue weighted by atomic mass is 9.80. The third kappa shape index (κ3) is 6.22. The summed E-state index contributed by atoms with van der Waals surface area (Å²) in [5, 5.41) is 0. The highest BCUT2D eigenvalue weighted by atomic mass is 16.7. The molecule has 4 heteroatoms. The fourth-order valence-corrected chi connectivity index (χ4v) is 4.85. The number of rotatable bonds is 9. The van der Waals surface area contributed by atoms with Crippen LogP contribution < -0.4 is 0 Å². The Hall–Kier alpha value is -3.92. The molecule has 1 aliphatic rings. The van der Waals surface area contributed by atoms with Crippen molar-refractivity contribution in [3.05, 3.63) is 161 Å². The van der Waals surface area contributed by atoms with E-state index in [0.29, 0.717) is 6.61 Å². The van der Waals surface area contributed by atoms with E-state index in [2.05, 4.69) is 42.1 Å². The lowest BCUT2D eigenvalue weighted by Gasteiger charge is -2.40. The third-order valence-corrected chi connectivity index (χ3v) is 6.79. The molecule has 3 atom stereocenters. The Morgan fingerprint density at radius 3 is 1.74 bits per heavy atom. The van der Waals surface area contributed by atoms with Gasteiger partial charge in [0.1, 0.15) is 18.0 Å². The molecular weight excluding hydrogens is 484 g/mol. The Morgan fingerprint density at radius 1 is 0.769 bits per heavy atom. The lowest BCUT2D eigenvalue weighted by Crippen LogP contribution is -2.46. The number of hydrogen-bond acceptors (Lipinski definition) is 4. The SMILES string of the molecule is CC(C)=C=CO[C@H]1COC(c2ccccc2)O[C@@H]1COC(c1ccccc1)(c1ccccc1)c1ccccc1. The summed E-state index contributed by atoms with van der Waals surface area (Å²) in [6, 6.07) is 41.0. The van der Waals surface area contributed by atoms with Crippen LogP contribution in [0.1, 0.15) is 42.4 Å². The molecule has 1 fully saturated rings. The number of benzene rings is 4. The minimum atomic E-state index is -0.853. The van der Waals surface area contributed by atoms with Gasteiger partial charge in [0.2, 0.25) is 0 Å². The molecule has 1 saturated heterocycles. The van der Waals surface area contributed by atoms with Gasteiger partial charge < -0.3 is 18.9 Å². The summed E-state index contributed by atoms with van der Waals surface area (Å²) >= 11 is 0. The molecule has 4 nitrogen and oxygen atoms in total. The van der Waals surface area contributed by atoms with Gasteiger partial charge in [0, 0.05) is 5.56 Å². The van der Waals surface area contributed by atoms with Crippen LogP contribution in [-0.4, -0.2) is 25.4 Å². The fourth-order valence-electron chi connectivity index (χ4n) is 4.85. The molecule has 0 saturated carbocycles. The normalized spacial score (nSPS) is 19.1. The fraction of sp³-hybridized carbons (Fsp3) is 0.229. The maximum atomic E-state index is 7.07. The standard InChI is InChI=1S/C35H34O4/c1-27(2)23-24-36-32-25-37-34(28-15-7-3-8-16-28)39-33(32)26-38-35(29-17-9-4-10-18-29,30-19-11-5-12-20-30)31-21-13-6-14-22-31/h3-22,24,32-34H,25-26H2,1-2H3/t32-,33+,34?/m0/s1. The smallest absolute Gasteiger partial charge is 0.184 e. The molecule has 39 heavy (non-hydrogen) atoms. The van der Waals surface area contributed by atoms with Gasteiger partial charge >= 0.3 is 0 Å². The van der Waals surface area contributed by atoms with Crippen molar-refractivity contribution in [3.8, 4) is 0 Å². The number of allylic oxidation sites excluding steroid dienone is 1. The van der Waals surface area contributed by atoms with Crippen molar-refractivity contribution in [2.75, 3.05) is 13.2 Å². The third-order valence-electron chi connectivity index (χ3n) is 6.79. The van der Waals surface area contributed by atoms with Crippen LogP contribution in [0.3, 0.4) is 0 Å². The molecule has 4 aromatic carbocycles. The first kappa shape index (κ1) is 26.7. The van der Waals surface area contributed by atoms with E-state index in [4.69, 9.17) is 18.9 Å². The molecule has 0 aromatic heterocycles. The summed E-state index contributed by atoms with van der Waals surface area (Å²) < 4.78 is 25.8. The zero-order valence-corrected chi connectivity index (χ0v) is 22.4. The van der Waals surface area contributed by atoms with E-state index in [1.54, 1.807) is 6.26 Å². The largest absolute Gasteiger partial charge is 0.485 e. The summed E-state index contributed by atoms with van der Waals surface area (Å²) in [5.74, 6) is 0. The van der Waals surface area contributed by atoms with Gasteiger partial charge in [0.15, 0.2) is 12.4 Å². The van der Waals surface area contributed by atoms with Gasteiger partial charge in [-0.2, -0.15) is 0 Å². The average Bonchev–Trinajstić information content (AvgIpc) is 3.00. The molecule has 1 aliphatic heterocycles. The van der Waals surface area contributed by atoms with E-state index < -0.39 is 18.0 Å². The maximum absolute atomic E-state index is 7.07. The Labute approximate surface area is 231 Å². The Morgan fingerprint density at radius 2 is 1.26 bits per heavy atom. The van der Waals surface area contributed by atoms with E-state index in [-0.39, 0.29) is 12.7 Å². The summed E-state index contributed by atoms with van der Waals surface area (Å²) in [7, 11) is 0. The average molecular weight is 519 g/mol. The number of hydrogen-bond donors (Lipinski definition) is 0. The van der Waals surface area contributed by atoms with Gasteiger partial charge in [-0.1, -0.05) is 127 Å². The second kappa shape index (κ2) is 12.8. The Bertz CT molecular complexity index is 1260. The van der Waals surface area contributed by atoms with Gasteiger partial charge in [-0.15, -0.1) is 0 Å². The van der Waals surface area contributed by atoms with Crippen molar-refractivity contribution >= 4 is 0 Å². The highest BCUT2D eigenvalue weighted by Gasteiger charge is 2.41. The monoisotopic (exact) mass is 518 g/mol. The molecular formula is C35H34O4. The molecule has 0 N–H and O–H groups in total. The summed E-state index contributed by atoms with van der Waals surface area (Å²) in [6.45, 7) is 4.60. The van der Waals surface area contributed by atoms with Crippen LogP contribution in [0.2, 0.25) is 0 Å². The summed E-state index contributed by atoms with van der Waals surface area (Å²) in [6.07, 6.45) is 0.333. The molecule has 1 heterocycles. The van der Waals surface area contributed by atoms with Gasteiger partial charge in [0.05, 0.1) is 13.2 Å². The topological polar surface area (TPSA) is 36.9 Å². The highest BCUT2D eigenvalue weighted by molar-refractivity contribution is 5.47. The zero-order chi connectivity index (χ0) is 26.9. The van der Waals surface area contributed by atoms with Crippen molar-refractivity contribution in [2.45, 2.75) is 37.9 Å². The van der Waals surface area contributed by atoms with E-state index in [1.165, 1.54) is 0 Å². The second-order valence-corrected chi connectivity index (χ2v) is 9.78. The second-order valence-electron chi connectivity index (χ2n) is 9.78. The molecule has 0 amide bonds. The van der Waals surface area contributed by atoms with Crippen molar-refractivity contribution in [3.63, 3.8) is 0 Å². The Balaban J connectivity index is 1.53. The minimum absolute atomic E-state index is 0.276. The number of ether oxygens (including phenoxy) is 4. The van der Waals surface area contributed by atoms with Crippen molar-refractivity contribution in [1.82, 2.24) is 0 Å². The molecule has 0 aliphatic carbocycles. The predicted octanol–water partition coefficient (Wildman–Crippen LogP) is 7.57. The van der Waals surface area contributed by atoms with E-state index in [0.717, 1.165) is 27.8 Å². The van der Waals surface area contributed by atoms with Crippen molar-refractivity contribution in [1.29, 1.82) is 0 Å². The molecule has 4 aromatic rings. The van der Waals surface area contributed by atoms with Gasteiger partial charge in [-0.05, 0) is 36.1 Å². The molecule has 5 rings (SSSR count). The quantitative estimate of drug-likeness (QED) is 0.130. The molecule has 1 unspecified atom stereocenters. The maximum Gasteiger partial charge on any atom is 0.184 e. The molecule has 0 radical (unpaired) electrons. The van der Waals surface area contributed by atoms with Crippen LogP contribution in [0.15, 0.2) is 139 Å². The van der Waals surface area contributed by atoms with Crippen LogP contribution >= 0.6 is 0 Å². The predicted molar refractivity (Wildman–Crippen MR) is 153 cm³/mol. The first-order chi connectivity index (χ1) is 19.2. The van der Waals surface area contributed by atoms with Crippen LogP contribution in [-0.2, 0) is 24.5 Å².